The van der Waals surface area contributed by atoms with Crippen LogP contribution in [0.2, 0.25) is 0 Å². The summed E-state index contributed by atoms with van der Waals surface area (Å²) in [6.07, 6.45) is 1.64. The molecule has 180 valence electrons. The molecule has 0 spiro atoms. The van der Waals surface area contributed by atoms with E-state index in [0.717, 1.165) is 11.3 Å². The second-order valence-electron chi connectivity index (χ2n) is 7.81. The largest absolute Gasteiger partial charge is 0.467 e. The van der Waals surface area contributed by atoms with E-state index in [1.807, 2.05) is 48.6 Å². The molecule has 2 amide bonds. The van der Waals surface area contributed by atoms with Crippen LogP contribution < -0.4 is 10.2 Å². The maximum absolute atomic E-state index is 13.3. The molecular weight excluding hydrogens is 454 g/mol. The number of anilines is 2. The van der Waals surface area contributed by atoms with Crippen molar-refractivity contribution in [2.45, 2.75) is 32.9 Å². The topological polar surface area (TPSA) is 92.1 Å². The first kappa shape index (κ1) is 25.0. The van der Waals surface area contributed by atoms with Crippen molar-refractivity contribution in [2.24, 2.45) is 0 Å². The zero-order valence-electron chi connectivity index (χ0n) is 19.6. The van der Waals surface area contributed by atoms with E-state index in [1.165, 1.54) is 11.3 Å². The zero-order chi connectivity index (χ0) is 24.5. The van der Waals surface area contributed by atoms with Crippen LogP contribution in [0, 0.1) is 0 Å². The first-order valence-electron chi connectivity index (χ1n) is 11.0. The molecule has 0 fully saturated rings. The van der Waals surface area contributed by atoms with Crippen LogP contribution in [0.3, 0.4) is 0 Å². The lowest BCUT2D eigenvalue weighted by Crippen LogP contribution is -2.30. The highest BCUT2D eigenvalue weighted by Gasteiger charge is 2.21. The van der Waals surface area contributed by atoms with Gasteiger partial charge in [-0.1, -0.05) is 6.07 Å². The molecule has 2 heterocycles. The molecule has 0 radical (unpaired) electrons. The minimum Gasteiger partial charge on any atom is -0.467 e. The van der Waals surface area contributed by atoms with Gasteiger partial charge < -0.3 is 24.3 Å². The van der Waals surface area contributed by atoms with E-state index in [1.54, 1.807) is 36.3 Å². The molecule has 1 aromatic carbocycles. The number of nitrogens with one attached hydrogen (secondary N) is 1. The van der Waals surface area contributed by atoms with E-state index in [2.05, 4.69) is 5.32 Å². The van der Waals surface area contributed by atoms with Gasteiger partial charge in [-0.2, -0.15) is 0 Å². The Balaban J connectivity index is 1.80. The fraction of sp³-hybridized carbons (Fsp3) is 0.320. The van der Waals surface area contributed by atoms with Crippen molar-refractivity contribution in [3.63, 3.8) is 0 Å². The molecule has 0 saturated heterocycles. The smallest absolute Gasteiger partial charge is 0.306 e. The van der Waals surface area contributed by atoms with Crippen LogP contribution in [-0.4, -0.2) is 43.4 Å². The average molecular weight is 484 g/mol. The highest BCUT2D eigenvalue weighted by atomic mass is 32.1. The molecule has 0 aliphatic carbocycles. The van der Waals surface area contributed by atoms with Gasteiger partial charge in [0, 0.05) is 38.4 Å². The Morgan fingerprint density at radius 3 is 2.53 bits per heavy atom. The summed E-state index contributed by atoms with van der Waals surface area (Å²) in [6, 6.07) is 12.8. The molecule has 0 aliphatic rings. The number of amides is 2. The average Bonchev–Trinajstić information content (AvgIpc) is 3.51. The van der Waals surface area contributed by atoms with Gasteiger partial charge in [0.25, 0.3) is 5.91 Å². The molecule has 0 saturated carbocycles. The Hall–Kier alpha value is -3.59. The molecule has 8 nitrogen and oxygen atoms in total. The SMILES string of the molecule is CCOC(=O)CCC(=O)Nc1ccc(N(C)C)c(CN(Cc2ccco2)C(=O)c2cccs2)c1. The van der Waals surface area contributed by atoms with Crippen molar-refractivity contribution < 1.29 is 23.5 Å². The minimum atomic E-state index is -0.401. The standard InChI is InChI=1S/C25H29N3O5S/c1-4-32-24(30)12-11-23(29)26-19-9-10-21(27(2)3)18(15-19)16-28(17-20-7-5-13-33-20)25(31)22-8-6-14-34-22/h5-10,13-15H,4,11-12,16-17H2,1-3H3,(H,26,29). The molecule has 3 rings (SSSR count). The molecule has 34 heavy (non-hydrogen) atoms. The molecule has 9 heteroatoms. The van der Waals surface area contributed by atoms with Gasteiger partial charge in [0.05, 0.1) is 30.7 Å². The van der Waals surface area contributed by atoms with Gasteiger partial charge in [-0.25, -0.2) is 0 Å². The van der Waals surface area contributed by atoms with Gasteiger partial charge in [-0.3, -0.25) is 14.4 Å². The lowest BCUT2D eigenvalue weighted by atomic mass is 10.1. The van der Waals surface area contributed by atoms with Crippen LogP contribution in [-0.2, 0) is 27.4 Å². The number of ether oxygens (including phenoxy) is 1. The molecule has 0 aliphatic heterocycles. The van der Waals surface area contributed by atoms with Crippen LogP contribution in [0.5, 0.6) is 0 Å². The number of esters is 1. The molecule has 1 N–H and O–H groups in total. The number of rotatable bonds is 11. The van der Waals surface area contributed by atoms with Crippen molar-refractivity contribution in [3.8, 4) is 0 Å². The second-order valence-corrected chi connectivity index (χ2v) is 8.76. The summed E-state index contributed by atoms with van der Waals surface area (Å²) in [5.41, 5.74) is 2.38. The van der Waals surface area contributed by atoms with Gasteiger partial charge in [-0.05, 0) is 54.3 Å². The van der Waals surface area contributed by atoms with Gasteiger partial charge in [0.1, 0.15) is 5.76 Å². The third-order valence-corrected chi connectivity index (χ3v) is 5.87. The quantitative estimate of drug-likeness (QED) is 0.403. The van der Waals surface area contributed by atoms with Gasteiger partial charge in [0.15, 0.2) is 0 Å². The Bertz CT molecular complexity index is 1090. The van der Waals surface area contributed by atoms with E-state index in [4.69, 9.17) is 9.15 Å². The van der Waals surface area contributed by atoms with Crippen LogP contribution in [0.1, 0.15) is 40.8 Å². The monoisotopic (exact) mass is 483 g/mol. The number of furan rings is 1. The Morgan fingerprint density at radius 1 is 1.06 bits per heavy atom. The van der Waals surface area contributed by atoms with E-state index in [-0.39, 0.29) is 31.3 Å². The third-order valence-electron chi connectivity index (χ3n) is 5.01. The first-order valence-corrected chi connectivity index (χ1v) is 11.9. The molecule has 2 aromatic heterocycles. The van der Waals surface area contributed by atoms with Crippen LogP contribution in [0.4, 0.5) is 11.4 Å². The lowest BCUT2D eigenvalue weighted by Gasteiger charge is -2.25. The number of carbonyl (C=O) groups excluding carboxylic acids is 3. The molecule has 0 atom stereocenters. The number of thiophene rings is 1. The molecule has 0 bridgehead atoms. The highest BCUT2D eigenvalue weighted by molar-refractivity contribution is 7.12. The van der Waals surface area contributed by atoms with Crippen LogP contribution >= 0.6 is 11.3 Å². The van der Waals surface area contributed by atoms with Crippen LogP contribution in [0.25, 0.3) is 0 Å². The second kappa shape index (κ2) is 12.0. The van der Waals surface area contributed by atoms with Crippen molar-refractivity contribution >= 4 is 40.5 Å². The first-order chi connectivity index (χ1) is 16.4. The molecule has 3 aromatic rings. The number of hydrogen-bond acceptors (Lipinski definition) is 7. The van der Waals surface area contributed by atoms with E-state index >= 15 is 0 Å². The minimum absolute atomic E-state index is 0.0224. The third kappa shape index (κ3) is 6.95. The highest BCUT2D eigenvalue weighted by Crippen LogP contribution is 2.27. The number of benzene rings is 1. The Kier molecular flexibility index (Phi) is 8.86. The predicted molar refractivity (Wildman–Crippen MR) is 132 cm³/mol. The maximum atomic E-state index is 13.3. The summed E-state index contributed by atoms with van der Waals surface area (Å²) < 4.78 is 10.4. The van der Waals surface area contributed by atoms with Crippen molar-refractivity contribution in [2.75, 3.05) is 30.9 Å². The summed E-state index contributed by atoms with van der Waals surface area (Å²) in [6.45, 7) is 2.64. The number of nitrogens with zero attached hydrogens (tertiary/aromatic N) is 2. The number of carbonyl (C=O) groups is 3. The Morgan fingerprint density at radius 2 is 1.88 bits per heavy atom. The van der Waals surface area contributed by atoms with E-state index in [9.17, 15) is 14.4 Å². The fourth-order valence-electron chi connectivity index (χ4n) is 3.45. The summed E-state index contributed by atoms with van der Waals surface area (Å²) in [7, 11) is 3.85. The zero-order valence-corrected chi connectivity index (χ0v) is 20.4. The fourth-order valence-corrected chi connectivity index (χ4v) is 4.14. The van der Waals surface area contributed by atoms with Crippen molar-refractivity contribution in [3.05, 3.63) is 70.3 Å². The summed E-state index contributed by atoms with van der Waals surface area (Å²) >= 11 is 1.39. The number of hydrogen-bond donors (Lipinski definition) is 1. The summed E-state index contributed by atoms with van der Waals surface area (Å²) in [4.78, 5) is 41.5. The van der Waals surface area contributed by atoms with Gasteiger partial charge in [0.2, 0.25) is 5.91 Å². The molecule has 0 unspecified atom stereocenters. The lowest BCUT2D eigenvalue weighted by molar-refractivity contribution is -0.144. The summed E-state index contributed by atoms with van der Waals surface area (Å²) in [5.74, 6) is -0.0969. The predicted octanol–water partition coefficient (Wildman–Crippen LogP) is 4.53. The van der Waals surface area contributed by atoms with Crippen molar-refractivity contribution in [1.82, 2.24) is 4.90 Å². The van der Waals surface area contributed by atoms with Crippen molar-refractivity contribution in [1.29, 1.82) is 0 Å². The van der Waals surface area contributed by atoms with E-state index in [0.29, 0.717) is 29.4 Å². The van der Waals surface area contributed by atoms with Gasteiger partial charge >= 0.3 is 5.97 Å². The molecular formula is C25H29N3O5S. The van der Waals surface area contributed by atoms with Crippen LogP contribution in [0.15, 0.2) is 58.5 Å². The Labute approximate surface area is 203 Å². The maximum Gasteiger partial charge on any atom is 0.306 e. The van der Waals surface area contributed by atoms with E-state index < -0.39 is 5.97 Å². The van der Waals surface area contributed by atoms with Gasteiger partial charge in [-0.15, -0.1) is 11.3 Å². The normalized spacial score (nSPS) is 10.6. The summed E-state index contributed by atoms with van der Waals surface area (Å²) in [5, 5.41) is 4.71.